The van der Waals surface area contributed by atoms with Crippen LogP contribution in [0.5, 0.6) is 5.75 Å². The summed E-state index contributed by atoms with van der Waals surface area (Å²) in [4.78, 5) is 12.4. The fourth-order valence-electron chi connectivity index (χ4n) is 3.71. The predicted octanol–water partition coefficient (Wildman–Crippen LogP) is 3.68. The van der Waals surface area contributed by atoms with Crippen LogP contribution in [0.15, 0.2) is 29.4 Å². The van der Waals surface area contributed by atoms with Gasteiger partial charge in [0.2, 0.25) is 5.91 Å². The molecule has 0 saturated heterocycles. The van der Waals surface area contributed by atoms with E-state index in [1.54, 1.807) is 7.11 Å². The molecule has 1 saturated carbocycles. The summed E-state index contributed by atoms with van der Waals surface area (Å²) >= 11 is 1.46. The van der Waals surface area contributed by atoms with Gasteiger partial charge < -0.3 is 14.6 Å². The molecule has 6 nitrogen and oxygen atoms in total. The van der Waals surface area contributed by atoms with Crippen LogP contribution >= 0.6 is 11.8 Å². The molecule has 0 unspecified atom stereocenters. The van der Waals surface area contributed by atoms with Crippen LogP contribution in [0.3, 0.4) is 0 Å². The van der Waals surface area contributed by atoms with E-state index in [2.05, 4.69) is 33.9 Å². The second-order valence-corrected chi connectivity index (χ2v) is 8.33. The highest BCUT2D eigenvalue weighted by atomic mass is 32.2. The summed E-state index contributed by atoms with van der Waals surface area (Å²) in [6.07, 6.45) is 5.49. The van der Waals surface area contributed by atoms with E-state index in [4.69, 9.17) is 4.74 Å². The fraction of sp³-hybridized carbons (Fsp3) is 0.571. The average molecular weight is 403 g/mol. The highest BCUT2D eigenvalue weighted by Gasteiger charge is 2.23. The van der Waals surface area contributed by atoms with Crippen LogP contribution in [-0.2, 0) is 17.8 Å². The lowest BCUT2D eigenvalue weighted by Crippen LogP contribution is -2.41. The normalized spacial score (nSPS) is 19.4. The first-order valence-electron chi connectivity index (χ1n) is 10.1. The molecule has 1 aliphatic carbocycles. The maximum Gasteiger partial charge on any atom is 0.230 e. The standard InChI is InChI=1S/C21H30N4O2S/c1-4-25-19(13-16-9-11-17(27-3)12-10-16)23-24-21(25)28-14-20(26)22-18-8-6-5-7-15(18)2/h9-12,15,18H,4-8,13-14H2,1-3H3,(H,22,26)/t15-,18-/m0/s1. The van der Waals surface area contributed by atoms with Crippen LogP contribution in [-0.4, -0.2) is 39.6 Å². The number of hydrogen-bond acceptors (Lipinski definition) is 5. The fourth-order valence-corrected chi connectivity index (χ4v) is 4.54. The van der Waals surface area contributed by atoms with Crippen LogP contribution in [0.4, 0.5) is 0 Å². The molecule has 1 aromatic heterocycles. The van der Waals surface area contributed by atoms with Gasteiger partial charge in [-0.25, -0.2) is 0 Å². The second-order valence-electron chi connectivity index (χ2n) is 7.39. The van der Waals surface area contributed by atoms with E-state index in [-0.39, 0.29) is 5.91 Å². The van der Waals surface area contributed by atoms with Crippen LogP contribution in [0, 0.1) is 5.92 Å². The van der Waals surface area contributed by atoms with Crippen molar-refractivity contribution in [3.05, 3.63) is 35.7 Å². The van der Waals surface area contributed by atoms with Crippen LogP contribution in [0.2, 0.25) is 0 Å². The first-order valence-corrected chi connectivity index (χ1v) is 11.1. The van der Waals surface area contributed by atoms with E-state index >= 15 is 0 Å². The molecular formula is C21H30N4O2S. The molecule has 0 radical (unpaired) electrons. The summed E-state index contributed by atoms with van der Waals surface area (Å²) in [6, 6.07) is 8.30. The lowest BCUT2D eigenvalue weighted by Gasteiger charge is -2.29. The highest BCUT2D eigenvalue weighted by Crippen LogP contribution is 2.24. The quantitative estimate of drug-likeness (QED) is 0.682. The van der Waals surface area contributed by atoms with Gasteiger partial charge in [-0.1, -0.05) is 43.7 Å². The first kappa shape index (κ1) is 20.7. The third-order valence-corrected chi connectivity index (χ3v) is 6.39. The first-order chi connectivity index (χ1) is 13.6. The number of thioether (sulfide) groups is 1. The Labute approximate surface area is 171 Å². The van der Waals surface area contributed by atoms with Gasteiger partial charge in [-0.3, -0.25) is 4.79 Å². The van der Waals surface area contributed by atoms with Gasteiger partial charge in [0.05, 0.1) is 12.9 Å². The third kappa shape index (κ3) is 5.28. The zero-order chi connectivity index (χ0) is 19.9. The van der Waals surface area contributed by atoms with Gasteiger partial charge in [-0.05, 0) is 43.4 Å². The van der Waals surface area contributed by atoms with Gasteiger partial charge >= 0.3 is 0 Å². The van der Waals surface area contributed by atoms with Gasteiger partial charge in [0.1, 0.15) is 11.6 Å². The van der Waals surface area contributed by atoms with E-state index in [0.717, 1.165) is 35.3 Å². The van der Waals surface area contributed by atoms with E-state index in [9.17, 15) is 4.79 Å². The highest BCUT2D eigenvalue weighted by molar-refractivity contribution is 7.99. The van der Waals surface area contributed by atoms with Crippen molar-refractivity contribution < 1.29 is 9.53 Å². The maximum atomic E-state index is 12.4. The Morgan fingerprint density at radius 1 is 1.25 bits per heavy atom. The summed E-state index contributed by atoms with van der Waals surface area (Å²) in [5.74, 6) is 2.79. The lowest BCUT2D eigenvalue weighted by atomic mass is 9.86. The molecule has 2 aromatic rings. The summed E-state index contributed by atoms with van der Waals surface area (Å²) in [6.45, 7) is 5.09. The smallest absolute Gasteiger partial charge is 0.230 e. The molecule has 1 heterocycles. The number of aromatic nitrogens is 3. The van der Waals surface area contributed by atoms with Crippen molar-refractivity contribution in [3.63, 3.8) is 0 Å². The van der Waals surface area contributed by atoms with E-state index < -0.39 is 0 Å². The monoisotopic (exact) mass is 402 g/mol. The zero-order valence-electron chi connectivity index (χ0n) is 17.0. The molecule has 1 aromatic carbocycles. The summed E-state index contributed by atoms with van der Waals surface area (Å²) in [7, 11) is 1.66. The molecule has 7 heteroatoms. The van der Waals surface area contributed by atoms with Crippen molar-refractivity contribution in [1.82, 2.24) is 20.1 Å². The Kier molecular flexibility index (Phi) is 7.36. The Hall–Kier alpha value is -2.02. The van der Waals surface area contributed by atoms with Crippen molar-refractivity contribution in [2.45, 2.75) is 63.7 Å². The largest absolute Gasteiger partial charge is 0.497 e. The lowest BCUT2D eigenvalue weighted by molar-refractivity contribution is -0.119. The van der Waals surface area contributed by atoms with Gasteiger partial charge in [0.25, 0.3) is 0 Å². The van der Waals surface area contributed by atoms with Crippen molar-refractivity contribution in [3.8, 4) is 5.75 Å². The van der Waals surface area contributed by atoms with Gasteiger partial charge in [0, 0.05) is 19.0 Å². The number of rotatable bonds is 8. The summed E-state index contributed by atoms with van der Waals surface area (Å²) in [5, 5.41) is 12.7. The number of carbonyl (C=O) groups excluding carboxylic acids is 1. The minimum Gasteiger partial charge on any atom is -0.497 e. The predicted molar refractivity (Wildman–Crippen MR) is 112 cm³/mol. The summed E-state index contributed by atoms with van der Waals surface area (Å²) < 4.78 is 7.30. The number of hydrogen-bond donors (Lipinski definition) is 1. The molecule has 3 rings (SSSR count). The Balaban J connectivity index is 1.57. The molecule has 28 heavy (non-hydrogen) atoms. The number of amides is 1. The van der Waals surface area contributed by atoms with Crippen molar-refractivity contribution in [2.75, 3.05) is 12.9 Å². The van der Waals surface area contributed by atoms with Crippen molar-refractivity contribution >= 4 is 17.7 Å². The minimum atomic E-state index is 0.0890. The number of carbonyl (C=O) groups is 1. The molecular weight excluding hydrogens is 372 g/mol. The molecule has 1 fully saturated rings. The van der Waals surface area contributed by atoms with Gasteiger partial charge in [-0.15, -0.1) is 10.2 Å². The number of nitrogens with zero attached hydrogens (tertiary/aromatic N) is 3. The molecule has 152 valence electrons. The molecule has 2 atom stereocenters. The Morgan fingerprint density at radius 2 is 2.00 bits per heavy atom. The van der Waals surface area contributed by atoms with Crippen LogP contribution < -0.4 is 10.1 Å². The van der Waals surface area contributed by atoms with Crippen molar-refractivity contribution in [1.29, 1.82) is 0 Å². The van der Waals surface area contributed by atoms with Gasteiger partial charge in [0.15, 0.2) is 5.16 Å². The van der Waals surface area contributed by atoms with E-state index in [1.807, 2.05) is 24.3 Å². The van der Waals surface area contributed by atoms with E-state index in [0.29, 0.717) is 24.1 Å². The summed E-state index contributed by atoms with van der Waals surface area (Å²) in [5.41, 5.74) is 1.16. The topological polar surface area (TPSA) is 69.0 Å². The molecule has 0 bridgehead atoms. The molecule has 1 N–H and O–H groups in total. The maximum absolute atomic E-state index is 12.4. The Bertz CT molecular complexity index is 775. The second kappa shape index (κ2) is 9.96. The van der Waals surface area contributed by atoms with Gasteiger partial charge in [-0.2, -0.15) is 0 Å². The molecule has 0 spiro atoms. The third-order valence-electron chi connectivity index (χ3n) is 5.42. The molecule has 0 aliphatic heterocycles. The zero-order valence-corrected chi connectivity index (χ0v) is 17.8. The van der Waals surface area contributed by atoms with Crippen LogP contribution in [0.25, 0.3) is 0 Å². The minimum absolute atomic E-state index is 0.0890. The van der Waals surface area contributed by atoms with E-state index in [1.165, 1.54) is 31.0 Å². The van der Waals surface area contributed by atoms with Crippen molar-refractivity contribution in [2.24, 2.45) is 5.92 Å². The van der Waals surface area contributed by atoms with Crippen LogP contribution in [0.1, 0.15) is 50.9 Å². The number of ether oxygens (including phenoxy) is 1. The number of methoxy groups -OCH3 is 1. The SMILES string of the molecule is CCn1c(Cc2ccc(OC)cc2)nnc1SCC(=O)N[C@H]1CCCC[C@@H]1C. The number of benzene rings is 1. The Morgan fingerprint density at radius 3 is 2.68 bits per heavy atom. The molecule has 1 aliphatic rings. The molecule has 1 amide bonds. The number of nitrogens with one attached hydrogen (secondary N) is 1. The average Bonchev–Trinajstić information content (AvgIpc) is 3.10.